The molecule has 0 aliphatic carbocycles. The molecule has 0 amide bonds. The van der Waals surface area contributed by atoms with Crippen molar-refractivity contribution in [3.8, 4) is 17.0 Å². The van der Waals surface area contributed by atoms with Crippen LogP contribution in [-0.4, -0.2) is 20.3 Å². The Morgan fingerprint density at radius 1 is 1.06 bits per heavy atom. The monoisotopic (exact) mass is 553 g/mol. The number of hydroxylamine groups is 1. The molecular formula is C25H20BrN3O3S2. The van der Waals surface area contributed by atoms with Crippen molar-refractivity contribution in [3.63, 3.8) is 0 Å². The zero-order valence-electron chi connectivity index (χ0n) is 18.4. The smallest absolute Gasteiger partial charge is 0.298 e. The molecule has 0 bridgehead atoms. The van der Waals surface area contributed by atoms with Gasteiger partial charge in [0, 0.05) is 22.0 Å². The first-order valence-electron chi connectivity index (χ1n) is 10.5. The molecule has 9 heteroatoms. The number of furan rings is 1. The lowest BCUT2D eigenvalue weighted by Gasteiger charge is -2.27. The second-order valence-electron chi connectivity index (χ2n) is 7.67. The Labute approximate surface area is 214 Å². The summed E-state index contributed by atoms with van der Waals surface area (Å²) in [7, 11) is 1.85. The lowest BCUT2D eigenvalue weighted by molar-refractivity contribution is 0.171. The largest absolute Gasteiger partial charge is 0.457 e. The van der Waals surface area contributed by atoms with Crippen LogP contribution in [0.3, 0.4) is 0 Å². The Morgan fingerprint density at radius 3 is 2.50 bits per heavy atom. The fraction of sp³-hybridized carbons (Fsp3) is 0.120. The maximum absolute atomic E-state index is 13.3. The third kappa shape index (κ3) is 4.32. The summed E-state index contributed by atoms with van der Waals surface area (Å²) in [6.45, 7) is 2.16. The van der Waals surface area contributed by atoms with E-state index in [2.05, 4.69) is 15.9 Å². The molecule has 0 saturated carbocycles. The van der Waals surface area contributed by atoms with Crippen LogP contribution in [0.1, 0.15) is 11.5 Å². The third-order valence-corrected chi connectivity index (χ3v) is 7.29. The summed E-state index contributed by atoms with van der Waals surface area (Å²) in [6.07, 6.45) is 1.91. The topological polar surface area (TPSA) is 52.5 Å². The van der Waals surface area contributed by atoms with E-state index in [-0.39, 0.29) is 12.2 Å². The maximum Gasteiger partial charge on any atom is 0.298 e. The van der Waals surface area contributed by atoms with E-state index < -0.39 is 0 Å². The van der Waals surface area contributed by atoms with Gasteiger partial charge in [-0.1, -0.05) is 58.0 Å². The summed E-state index contributed by atoms with van der Waals surface area (Å²) in [6, 6.07) is 21.3. The fourth-order valence-corrected chi connectivity index (χ4v) is 5.20. The van der Waals surface area contributed by atoms with Crippen LogP contribution < -0.4 is 10.6 Å². The van der Waals surface area contributed by atoms with Crippen molar-refractivity contribution in [1.82, 2.24) is 9.36 Å². The van der Waals surface area contributed by atoms with Crippen molar-refractivity contribution in [2.45, 2.75) is 6.92 Å². The molecule has 0 N–H and O–H groups in total. The highest BCUT2D eigenvalue weighted by molar-refractivity contribution is 9.10. The van der Waals surface area contributed by atoms with E-state index in [0.717, 1.165) is 32.1 Å². The summed E-state index contributed by atoms with van der Waals surface area (Å²) >= 11 is 10.5. The highest BCUT2D eigenvalue weighted by atomic mass is 79.9. The van der Waals surface area contributed by atoms with E-state index in [1.54, 1.807) is 4.68 Å². The zero-order valence-corrected chi connectivity index (χ0v) is 21.6. The molecule has 0 radical (unpaired) electrons. The molecule has 2 aromatic carbocycles. The van der Waals surface area contributed by atoms with E-state index in [9.17, 15) is 4.79 Å². The molecule has 0 atom stereocenters. The van der Waals surface area contributed by atoms with Crippen molar-refractivity contribution in [2.24, 2.45) is 7.05 Å². The molecule has 1 aliphatic heterocycles. The van der Waals surface area contributed by atoms with Gasteiger partial charge >= 0.3 is 0 Å². The van der Waals surface area contributed by atoms with Crippen LogP contribution in [0.2, 0.25) is 0 Å². The lowest BCUT2D eigenvalue weighted by Crippen LogP contribution is -2.36. The van der Waals surface area contributed by atoms with Crippen molar-refractivity contribution in [3.05, 3.63) is 97.9 Å². The van der Waals surface area contributed by atoms with Gasteiger partial charge in [-0.25, -0.2) is 4.68 Å². The van der Waals surface area contributed by atoms with Gasteiger partial charge in [0.25, 0.3) is 5.56 Å². The summed E-state index contributed by atoms with van der Waals surface area (Å²) < 4.78 is 10.9. The molecule has 0 unspecified atom stereocenters. The standard InChI is InChI=1S/C25H20BrN3O3S2/c1-16-23(24(30)28(27(16)2)19-6-4-3-5-7-19)29-25(33)34-21(15-31-29)14-20-12-13-22(32-20)17-8-10-18(26)11-9-17/h3-14H,15H2,1-2H3/b21-14+. The normalized spacial score (nSPS) is 15.3. The highest BCUT2D eigenvalue weighted by Crippen LogP contribution is 2.33. The summed E-state index contributed by atoms with van der Waals surface area (Å²) in [5.74, 6) is 1.49. The number of benzene rings is 2. The molecule has 172 valence electrons. The van der Waals surface area contributed by atoms with Gasteiger partial charge < -0.3 is 4.42 Å². The van der Waals surface area contributed by atoms with Gasteiger partial charge in [0.2, 0.25) is 0 Å². The first kappa shape index (κ1) is 22.9. The van der Waals surface area contributed by atoms with E-state index in [1.807, 2.05) is 91.5 Å². The Bertz CT molecular complexity index is 1450. The quantitative estimate of drug-likeness (QED) is 0.276. The minimum absolute atomic E-state index is 0.188. The SMILES string of the molecule is Cc1c(N2OC/C(=C\c3ccc(-c4ccc(Br)cc4)o3)SC2=S)c(=O)n(-c2ccccc2)n1C. The van der Waals surface area contributed by atoms with Gasteiger partial charge in [-0.2, -0.15) is 5.06 Å². The van der Waals surface area contributed by atoms with E-state index in [0.29, 0.717) is 15.8 Å². The number of hydrogen-bond donors (Lipinski definition) is 0. The molecule has 4 aromatic rings. The van der Waals surface area contributed by atoms with Crippen LogP contribution in [0, 0.1) is 6.92 Å². The Morgan fingerprint density at radius 2 is 1.79 bits per heavy atom. The molecule has 1 aliphatic rings. The van der Waals surface area contributed by atoms with E-state index >= 15 is 0 Å². The molecule has 3 heterocycles. The predicted octanol–water partition coefficient (Wildman–Crippen LogP) is 6.32. The van der Waals surface area contributed by atoms with Crippen molar-refractivity contribution in [2.75, 3.05) is 11.7 Å². The number of halogens is 1. The summed E-state index contributed by atoms with van der Waals surface area (Å²) in [4.78, 5) is 20.2. The molecule has 1 fully saturated rings. The van der Waals surface area contributed by atoms with Crippen LogP contribution in [0.5, 0.6) is 0 Å². The average Bonchev–Trinajstić information content (AvgIpc) is 3.38. The first-order chi connectivity index (χ1) is 16.4. The Hall–Kier alpha value is -2.85. The number of thiocarbonyl (C=S) groups is 1. The molecule has 0 spiro atoms. The van der Waals surface area contributed by atoms with Gasteiger partial charge in [-0.05, 0) is 61.6 Å². The van der Waals surface area contributed by atoms with E-state index in [1.165, 1.54) is 16.8 Å². The Kier molecular flexibility index (Phi) is 6.35. The maximum atomic E-state index is 13.3. The molecule has 34 heavy (non-hydrogen) atoms. The average molecular weight is 554 g/mol. The van der Waals surface area contributed by atoms with Gasteiger partial charge in [0.05, 0.1) is 11.4 Å². The van der Waals surface area contributed by atoms with Gasteiger partial charge in [-0.3, -0.25) is 14.3 Å². The minimum atomic E-state index is -0.188. The van der Waals surface area contributed by atoms with Gasteiger partial charge in [-0.15, -0.1) is 0 Å². The molecule has 1 saturated heterocycles. The van der Waals surface area contributed by atoms with Crippen molar-refractivity contribution >= 4 is 56.0 Å². The first-order valence-corrected chi connectivity index (χ1v) is 12.5. The number of hydrogen-bond acceptors (Lipinski definition) is 5. The summed E-state index contributed by atoms with van der Waals surface area (Å²) in [5.41, 5.74) is 2.76. The van der Waals surface area contributed by atoms with Gasteiger partial charge in [0.15, 0.2) is 10.0 Å². The molecular weight excluding hydrogens is 534 g/mol. The van der Waals surface area contributed by atoms with Crippen molar-refractivity contribution < 1.29 is 9.25 Å². The number of anilines is 1. The van der Waals surface area contributed by atoms with Crippen LogP contribution >= 0.6 is 39.9 Å². The van der Waals surface area contributed by atoms with Crippen molar-refractivity contribution in [1.29, 1.82) is 0 Å². The second-order valence-corrected chi connectivity index (χ2v) is 10.3. The number of nitrogens with zero attached hydrogens (tertiary/aromatic N) is 3. The number of aromatic nitrogens is 2. The number of rotatable bonds is 4. The zero-order chi connectivity index (χ0) is 23.8. The number of para-hydroxylation sites is 1. The number of thioether (sulfide) groups is 1. The Balaban J connectivity index is 1.37. The predicted molar refractivity (Wildman–Crippen MR) is 144 cm³/mol. The molecule has 2 aromatic heterocycles. The highest BCUT2D eigenvalue weighted by Gasteiger charge is 2.29. The van der Waals surface area contributed by atoms with E-state index in [4.69, 9.17) is 21.5 Å². The third-order valence-electron chi connectivity index (χ3n) is 5.51. The van der Waals surface area contributed by atoms with Crippen LogP contribution in [0.15, 0.2) is 85.3 Å². The lowest BCUT2D eigenvalue weighted by atomic mass is 10.2. The van der Waals surface area contributed by atoms with Crippen LogP contribution in [0.25, 0.3) is 23.1 Å². The molecule has 5 rings (SSSR count). The minimum Gasteiger partial charge on any atom is -0.457 e. The second kappa shape index (κ2) is 9.42. The van der Waals surface area contributed by atoms with Crippen LogP contribution in [0.4, 0.5) is 5.69 Å². The van der Waals surface area contributed by atoms with Crippen LogP contribution in [-0.2, 0) is 11.9 Å². The van der Waals surface area contributed by atoms with Gasteiger partial charge in [0.1, 0.15) is 18.1 Å². The molecule has 6 nitrogen and oxygen atoms in total. The fourth-order valence-electron chi connectivity index (χ4n) is 3.74. The summed E-state index contributed by atoms with van der Waals surface area (Å²) in [5, 5.41) is 1.46.